The molecular formula is C14H16N4OS. The average molecular weight is 288 g/mol. The zero-order valence-corrected chi connectivity index (χ0v) is 11.8. The van der Waals surface area contributed by atoms with Crippen molar-refractivity contribution >= 4 is 23.5 Å². The van der Waals surface area contributed by atoms with Gasteiger partial charge < -0.3 is 11.1 Å². The third kappa shape index (κ3) is 2.65. The van der Waals surface area contributed by atoms with Crippen LogP contribution in [0.15, 0.2) is 30.3 Å². The monoisotopic (exact) mass is 288 g/mol. The number of hydrogen-bond donors (Lipinski definition) is 2. The van der Waals surface area contributed by atoms with Gasteiger partial charge in [-0.25, -0.2) is 4.68 Å². The van der Waals surface area contributed by atoms with Gasteiger partial charge in [0.15, 0.2) is 0 Å². The van der Waals surface area contributed by atoms with Gasteiger partial charge in [-0.2, -0.15) is 16.9 Å². The molecule has 1 aliphatic heterocycles. The molecule has 1 aliphatic rings. The number of fused-ring (bicyclic) bond motifs is 1. The van der Waals surface area contributed by atoms with Crippen molar-refractivity contribution in [3.8, 4) is 0 Å². The van der Waals surface area contributed by atoms with Crippen molar-refractivity contribution in [2.75, 3.05) is 5.73 Å². The fraction of sp³-hybridized carbons (Fsp3) is 0.286. The number of carbonyl (C=O) groups is 1. The number of aromatic nitrogens is 2. The molecule has 20 heavy (non-hydrogen) atoms. The maximum Gasteiger partial charge on any atom is 0.242 e. The highest BCUT2D eigenvalue weighted by Gasteiger charge is 2.21. The number of benzene rings is 1. The van der Waals surface area contributed by atoms with E-state index in [2.05, 4.69) is 10.4 Å². The Balaban J connectivity index is 1.59. The highest BCUT2D eigenvalue weighted by molar-refractivity contribution is 7.98. The summed E-state index contributed by atoms with van der Waals surface area (Å²) in [6.45, 7) is 0.701. The van der Waals surface area contributed by atoms with Crippen LogP contribution in [-0.4, -0.2) is 15.7 Å². The third-order valence-corrected chi connectivity index (χ3v) is 4.26. The van der Waals surface area contributed by atoms with Gasteiger partial charge in [0.1, 0.15) is 12.4 Å². The Kier molecular flexibility index (Phi) is 3.64. The van der Waals surface area contributed by atoms with E-state index in [1.807, 2.05) is 30.3 Å². The maximum atomic E-state index is 11.9. The molecule has 6 heteroatoms. The van der Waals surface area contributed by atoms with E-state index >= 15 is 0 Å². The number of carbonyl (C=O) groups excluding carboxylic acids is 1. The lowest BCUT2D eigenvalue weighted by Gasteiger charge is -2.07. The average Bonchev–Trinajstić information content (AvgIpc) is 3.02. The SMILES string of the molecule is Nc1c2c(nn1CC(=O)NCc1ccccc1)CSC2. The van der Waals surface area contributed by atoms with Gasteiger partial charge in [0.25, 0.3) is 0 Å². The summed E-state index contributed by atoms with van der Waals surface area (Å²) in [5, 5.41) is 7.27. The zero-order valence-electron chi connectivity index (χ0n) is 11.0. The summed E-state index contributed by atoms with van der Waals surface area (Å²) in [4.78, 5) is 11.9. The van der Waals surface area contributed by atoms with Crippen LogP contribution in [0.2, 0.25) is 0 Å². The molecule has 1 aromatic heterocycles. The predicted molar refractivity (Wildman–Crippen MR) is 79.9 cm³/mol. The minimum Gasteiger partial charge on any atom is -0.384 e. The number of anilines is 1. The van der Waals surface area contributed by atoms with Gasteiger partial charge in [-0.1, -0.05) is 30.3 Å². The molecule has 0 saturated carbocycles. The molecule has 0 radical (unpaired) electrons. The largest absolute Gasteiger partial charge is 0.384 e. The van der Waals surface area contributed by atoms with Crippen LogP contribution in [0.3, 0.4) is 0 Å². The second-order valence-electron chi connectivity index (χ2n) is 4.72. The Morgan fingerprint density at radius 1 is 1.35 bits per heavy atom. The van der Waals surface area contributed by atoms with Gasteiger partial charge in [-0.3, -0.25) is 4.79 Å². The summed E-state index contributed by atoms with van der Waals surface area (Å²) in [5.74, 6) is 2.33. The minimum absolute atomic E-state index is 0.0746. The Morgan fingerprint density at radius 3 is 2.90 bits per heavy atom. The standard InChI is InChI=1S/C14H16N4OS/c15-14-11-8-20-9-12(11)17-18(14)7-13(19)16-6-10-4-2-1-3-5-10/h1-5H,6-9,15H2,(H,16,19). The van der Waals surface area contributed by atoms with Crippen LogP contribution in [0.25, 0.3) is 0 Å². The number of nitrogens with zero attached hydrogens (tertiary/aromatic N) is 2. The molecule has 0 fully saturated rings. The van der Waals surface area contributed by atoms with Gasteiger partial charge in [-0.15, -0.1) is 0 Å². The topological polar surface area (TPSA) is 72.9 Å². The van der Waals surface area contributed by atoms with Gasteiger partial charge in [0.05, 0.1) is 5.69 Å². The highest BCUT2D eigenvalue weighted by Crippen LogP contribution is 2.32. The Bertz CT molecular complexity index is 624. The summed E-state index contributed by atoms with van der Waals surface area (Å²) in [5.41, 5.74) is 9.20. The van der Waals surface area contributed by atoms with Gasteiger partial charge >= 0.3 is 0 Å². The fourth-order valence-electron chi connectivity index (χ4n) is 2.20. The molecule has 3 N–H and O–H groups in total. The quantitative estimate of drug-likeness (QED) is 0.895. The minimum atomic E-state index is -0.0746. The van der Waals surface area contributed by atoms with Crippen LogP contribution in [0.1, 0.15) is 16.8 Å². The van der Waals surface area contributed by atoms with E-state index in [9.17, 15) is 4.79 Å². The Labute approximate surface area is 121 Å². The van der Waals surface area contributed by atoms with Crippen molar-refractivity contribution < 1.29 is 4.79 Å². The molecule has 0 aliphatic carbocycles. The van der Waals surface area contributed by atoms with Crippen LogP contribution in [0, 0.1) is 0 Å². The lowest BCUT2D eigenvalue weighted by Crippen LogP contribution is -2.28. The molecule has 2 heterocycles. The molecule has 2 aromatic rings. The number of nitrogens with two attached hydrogens (primary N) is 1. The van der Waals surface area contributed by atoms with Gasteiger partial charge in [-0.05, 0) is 5.56 Å². The lowest BCUT2D eigenvalue weighted by molar-refractivity contribution is -0.122. The molecule has 0 atom stereocenters. The van der Waals surface area contributed by atoms with Crippen LogP contribution in [0.4, 0.5) is 5.82 Å². The first-order chi connectivity index (χ1) is 9.74. The summed E-state index contributed by atoms with van der Waals surface area (Å²) < 4.78 is 1.60. The van der Waals surface area contributed by atoms with E-state index < -0.39 is 0 Å². The van der Waals surface area contributed by atoms with Crippen molar-refractivity contribution in [1.82, 2.24) is 15.1 Å². The number of rotatable bonds is 4. The summed E-state index contributed by atoms with van der Waals surface area (Å²) >= 11 is 1.80. The summed E-state index contributed by atoms with van der Waals surface area (Å²) in [6, 6.07) is 9.82. The molecule has 0 saturated heterocycles. The fourth-order valence-corrected chi connectivity index (χ4v) is 3.24. The zero-order chi connectivity index (χ0) is 13.9. The number of thioether (sulfide) groups is 1. The molecule has 104 valence electrons. The molecule has 0 bridgehead atoms. The van der Waals surface area contributed by atoms with Crippen molar-refractivity contribution in [2.45, 2.75) is 24.6 Å². The highest BCUT2D eigenvalue weighted by atomic mass is 32.2. The summed E-state index contributed by atoms with van der Waals surface area (Å²) in [7, 11) is 0. The predicted octanol–water partition coefficient (Wildman–Crippen LogP) is 1.53. The van der Waals surface area contributed by atoms with Gasteiger partial charge in [0.2, 0.25) is 5.91 Å². The number of hydrogen-bond acceptors (Lipinski definition) is 4. The van der Waals surface area contributed by atoms with Crippen molar-refractivity contribution in [3.05, 3.63) is 47.2 Å². The van der Waals surface area contributed by atoms with E-state index in [1.54, 1.807) is 16.4 Å². The smallest absolute Gasteiger partial charge is 0.242 e. The van der Waals surface area contributed by atoms with E-state index in [-0.39, 0.29) is 12.5 Å². The van der Waals surface area contributed by atoms with Crippen molar-refractivity contribution in [2.24, 2.45) is 0 Å². The number of amides is 1. The first kappa shape index (κ1) is 13.1. The van der Waals surface area contributed by atoms with Crippen LogP contribution < -0.4 is 11.1 Å². The van der Waals surface area contributed by atoms with E-state index in [1.165, 1.54) is 0 Å². The Hall–Kier alpha value is -1.95. The normalized spacial score (nSPS) is 13.2. The Morgan fingerprint density at radius 2 is 2.15 bits per heavy atom. The maximum absolute atomic E-state index is 11.9. The molecule has 1 aromatic carbocycles. The first-order valence-corrected chi connectivity index (χ1v) is 7.62. The second-order valence-corrected chi connectivity index (χ2v) is 5.71. The van der Waals surface area contributed by atoms with Crippen LogP contribution in [0.5, 0.6) is 0 Å². The van der Waals surface area contributed by atoms with Crippen molar-refractivity contribution in [3.63, 3.8) is 0 Å². The van der Waals surface area contributed by atoms with Crippen molar-refractivity contribution in [1.29, 1.82) is 0 Å². The van der Waals surface area contributed by atoms with Gasteiger partial charge in [0, 0.05) is 23.6 Å². The van der Waals surface area contributed by atoms with E-state index in [0.717, 1.165) is 28.3 Å². The second kappa shape index (κ2) is 5.58. The molecule has 3 rings (SSSR count). The molecule has 0 unspecified atom stereocenters. The molecular weight excluding hydrogens is 272 g/mol. The number of nitrogens with one attached hydrogen (secondary N) is 1. The molecule has 5 nitrogen and oxygen atoms in total. The molecule has 0 spiro atoms. The molecule has 1 amide bonds. The number of nitrogen functional groups attached to an aromatic ring is 1. The van der Waals surface area contributed by atoms with Crippen LogP contribution >= 0.6 is 11.8 Å². The lowest BCUT2D eigenvalue weighted by atomic mass is 10.2. The van der Waals surface area contributed by atoms with Crippen LogP contribution in [-0.2, 0) is 29.4 Å². The van der Waals surface area contributed by atoms with E-state index in [0.29, 0.717) is 12.4 Å². The summed E-state index contributed by atoms with van der Waals surface area (Å²) in [6.07, 6.45) is 0. The first-order valence-electron chi connectivity index (χ1n) is 6.46. The van der Waals surface area contributed by atoms with E-state index in [4.69, 9.17) is 5.73 Å². The third-order valence-electron chi connectivity index (χ3n) is 3.29.